The highest BCUT2D eigenvalue weighted by Gasteiger charge is 2.32. The third-order valence-corrected chi connectivity index (χ3v) is 4.77. The van der Waals surface area contributed by atoms with Crippen LogP contribution in [0.1, 0.15) is 30.7 Å². The molecule has 1 aromatic heterocycles. The Labute approximate surface area is 169 Å². The number of aryl methyl sites for hydroxylation is 1. The zero-order chi connectivity index (χ0) is 21.5. The fraction of sp³-hybridized carbons (Fsp3) is 0.273. The molecule has 7 nitrogen and oxygen atoms in total. The fourth-order valence-electron chi connectivity index (χ4n) is 3.53. The lowest BCUT2D eigenvalue weighted by atomic mass is 9.92. The number of phenols is 1. The average molecular weight is 394 g/mol. The van der Waals surface area contributed by atoms with Gasteiger partial charge in [0.15, 0.2) is 0 Å². The van der Waals surface area contributed by atoms with Crippen LogP contribution in [0.25, 0.3) is 22.7 Å². The normalized spacial score (nSPS) is 12.1. The van der Waals surface area contributed by atoms with E-state index in [0.29, 0.717) is 22.2 Å². The molecule has 0 saturated carbocycles. The Balaban J connectivity index is 2.58. The molecule has 0 fully saturated rings. The smallest absolute Gasteiger partial charge is 0.302 e. The number of aromatic hydroxyl groups is 1. The minimum Gasteiger partial charge on any atom is -0.508 e. The van der Waals surface area contributed by atoms with Crippen LogP contribution < -0.4 is 5.73 Å². The first kappa shape index (κ1) is 20.4. The van der Waals surface area contributed by atoms with Gasteiger partial charge in [-0.2, -0.15) is 0 Å². The lowest BCUT2D eigenvalue weighted by molar-refractivity contribution is -0.383. The summed E-state index contributed by atoms with van der Waals surface area (Å²) in [5.41, 5.74) is 8.68. The second-order valence-electron chi connectivity index (χ2n) is 8.02. The monoisotopic (exact) mass is 394 g/mol. The highest BCUT2D eigenvalue weighted by molar-refractivity contribution is 5.99. The summed E-state index contributed by atoms with van der Waals surface area (Å²) in [6.45, 7) is 5.53. The van der Waals surface area contributed by atoms with Crippen LogP contribution in [0.3, 0.4) is 0 Å². The molecule has 0 aliphatic heterocycles. The van der Waals surface area contributed by atoms with Gasteiger partial charge in [-0.1, -0.05) is 17.7 Å². The molecular formula is C22H26N4O3. The lowest BCUT2D eigenvalue weighted by Crippen LogP contribution is -2.29. The highest BCUT2D eigenvalue weighted by Crippen LogP contribution is 2.43. The number of benzene rings is 2. The van der Waals surface area contributed by atoms with Crippen LogP contribution in [0.15, 0.2) is 42.6 Å². The van der Waals surface area contributed by atoms with Crippen molar-refractivity contribution in [3.63, 3.8) is 0 Å². The zero-order valence-corrected chi connectivity index (χ0v) is 17.3. The summed E-state index contributed by atoms with van der Waals surface area (Å²) in [5.74, 6) is 0.00824. The van der Waals surface area contributed by atoms with Gasteiger partial charge in [-0.3, -0.25) is 10.1 Å². The van der Waals surface area contributed by atoms with Gasteiger partial charge < -0.3 is 20.3 Å². The van der Waals surface area contributed by atoms with Gasteiger partial charge in [-0.15, -0.1) is 0 Å². The molecular weight excluding hydrogens is 368 g/mol. The third-order valence-electron chi connectivity index (χ3n) is 4.77. The van der Waals surface area contributed by atoms with Crippen LogP contribution in [0, 0.1) is 17.0 Å². The number of aromatic nitrogens is 1. The molecule has 152 valence electrons. The Bertz CT molecular complexity index is 1100. The minimum absolute atomic E-state index is 0.00824. The molecule has 0 saturated heterocycles. The van der Waals surface area contributed by atoms with Gasteiger partial charge in [0, 0.05) is 37.1 Å². The molecule has 29 heavy (non-hydrogen) atoms. The van der Waals surface area contributed by atoms with Crippen LogP contribution in [0.2, 0.25) is 0 Å². The summed E-state index contributed by atoms with van der Waals surface area (Å²) in [6, 6.07) is 10.8. The van der Waals surface area contributed by atoms with Crippen molar-refractivity contribution in [1.29, 1.82) is 0 Å². The number of rotatable bonds is 5. The van der Waals surface area contributed by atoms with E-state index in [-0.39, 0.29) is 16.4 Å². The Hall–Kier alpha value is -3.32. The number of hydrogen-bond donors (Lipinski definition) is 2. The predicted molar refractivity (Wildman–Crippen MR) is 116 cm³/mol. The first-order valence-corrected chi connectivity index (χ1v) is 9.28. The van der Waals surface area contributed by atoms with Crippen molar-refractivity contribution in [3.05, 3.63) is 69.5 Å². The van der Waals surface area contributed by atoms with Crippen molar-refractivity contribution in [2.24, 2.45) is 5.73 Å². The van der Waals surface area contributed by atoms with Gasteiger partial charge in [0.1, 0.15) is 11.4 Å². The lowest BCUT2D eigenvalue weighted by Gasteiger charge is -2.23. The molecule has 0 aliphatic rings. The van der Waals surface area contributed by atoms with Gasteiger partial charge in [0.25, 0.3) is 0 Å². The van der Waals surface area contributed by atoms with E-state index in [1.807, 2.05) is 50.2 Å². The molecule has 0 aliphatic carbocycles. The van der Waals surface area contributed by atoms with Crippen molar-refractivity contribution in [1.82, 2.24) is 9.47 Å². The van der Waals surface area contributed by atoms with E-state index in [1.165, 1.54) is 6.07 Å². The highest BCUT2D eigenvalue weighted by atomic mass is 16.6. The maximum atomic E-state index is 12.1. The number of hydrogen-bond acceptors (Lipinski definition) is 5. The number of nitrogens with two attached hydrogens (primary N) is 1. The zero-order valence-electron chi connectivity index (χ0n) is 17.3. The molecule has 0 spiro atoms. The summed E-state index contributed by atoms with van der Waals surface area (Å²) >= 11 is 0. The molecule has 0 amide bonds. The second kappa shape index (κ2) is 7.25. The Kier molecular flexibility index (Phi) is 5.11. The molecule has 2 aromatic carbocycles. The average Bonchev–Trinajstić information content (AvgIpc) is 2.93. The van der Waals surface area contributed by atoms with E-state index < -0.39 is 5.54 Å². The van der Waals surface area contributed by atoms with Gasteiger partial charge in [0.05, 0.1) is 15.8 Å². The van der Waals surface area contributed by atoms with E-state index in [9.17, 15) is 15.2 Å². The van der Waals surface area contributed by atoms with Gasteiger partial charge >= 0.3 is 5.69 Å². The summed E-state index contributed by atoms with van der Waals surface area (Å²) < 4.78 is 1.80. The number of phenolic OH excluding ortho intramolecular Hbond substituents is 1. The molecule has 0 atom stereocenters. The fourth-order valence-corrected chi connectivity index (χ4v) is 3.53. The standard InChI is InChI=1S/C22H26N4O3/c1-14-6-8-15(9-7-14)25-17(12-13-24(4)5)20(26(28)29)16-10-11-18(27)19(21(16)25)22(2,3)23/h6-13,27H,23H2,1-5H3. The molecule has 3 N–H and O–H groups in total. The number of nitro groups is 1. The number of nitrogens with zero attached hydrogens (tertiary/aromatic N) is 3. The van der Waals surface area contributed by atoms with Crippen LogP contribution in [0.5, 0.6) is 5.75 Å². The van der Waals surface area contributed by atoms with Crippen molar-refractivity contribution in [2.75, 3.05) is 14.1 Å². The van der Waals surface area contributed by atoms with Crippen LogP contribution in [0.4, 0.5) is 5.69 Å². The topological polar surface area (TPSA) is 97.6 Å². The van der Waals surface area contributed by atoms with E-state index in [0.717, 1.165) is 11.3 Å². The van der Waals surface area contributed by atoms with Crippen molar-refractivity contribution >= 4 is 22.7 Å². The summed E-state index contributed by atoms with van der Waals surface area (Å²) in [7, 11) is 3.70. The molecule has 0 unspecified atom stereocenters. The molecule has 3 aromatic rings. The maximum absolute atomic E-state index is 12.1. The second-order valence-corrected chi connectivity index (χ2v) is 8.02. The summed E-state index contributed by atoms with van der Waals surface area (Å²) in [5, 5.41) is 23.1. The van der Waals surface area contributed by atoms with Gasteiger partial charge in [-0.25, -0.2) is 0 Å². The van der Waals surface area contributed by atoms with E-state index >= 15 is 0 Å². The van der Waals surface area contributed by atoms with Crippen molar-refractivity contribution in [2.45, 2.75) is 26.3 Å². The van der Waals surface area contributed by atoms with Gasteiger partial charge in [0.2, 0.25) is 0 Å². The SMILES string of the molecule is Cc1ccc(-n2c(C=CN(C)C)c([N+](=O)[O-])c3ccc(O)c(C(C)(C)N)c32)cc1. The molecule has 0 radical (unpaired) electrons. The van der Waals surface area contributed by atoms with E-state index in [1.54, 1.807) is 36.8 Å². The quantitative estimate of drug-likeness (QED) is 0.497. The summed E-state index contributed by atoms with van der Waals surface area (Å²) in [4.78, 5) is 13.5. The van der Waals surface area contributed by atoms with Crippen LogP contribution >= 0.6 is 0 Å². The van der Waals surface area contributed by atoms with Crippen molar-refractivity contribution in [3.8, 4) is 11.4 Å². The first-order valence-electron chi connectivity index (χ1n) is 9.28. The summed E-state index contributed by atoms with van der Waals surface area (Å²) in [6.07, 6.45) is 3.47. The largest absolute Gasteiger partial charge is 0.508 e. The molecule has 0 bridgehead atoms. The minimum atomic E-state index is -0.916. The maximum Gasteiger partial charge on any atom is 0.302 e. The van der Waals surface area contributed by atoms with Gasteiger partial charge in [-0.05, 0) is 51.1 Å². The third kappa shape index (κ3) is 3.69. The Morgan fingerprint density at radius 3 is 2.31 bits per heavy atom. The number of fused-ring (bicyclic) bond motifs is 1. The Morgan fingerprint density at radius 1 is 1.17 bits per heavy atom. The van der Waals surface area contributed by atoms with E-state index in [4.69, 9.17) is 5.73 Å². The van der Waals surface area contributed by atoms with E-state index in [2.05, 4.69) is 0 Å². The molecule has 3 rings (SSSR count). The molecule has 7 heteroatoms. The van der Waals surface area contributed by atoms with Crippen LogP contribution in [-0.2, 0) is 5.54 Å². The predicted octanol–water partition coefficient (Wildman–Crippen LogP) is 4.28. The van der Waals surface area contributed by atoms with Crippen LogP contribution in [-0.4, -0.2) is 33.6 Å². The van der Waals surface area contributed by atoms with Crippen molar-refractivity contribution < 1.29 is 10.0 Å². The molecule has 1 heterocycles. The Morgan fingerprint density at radius 2 is 1.79 bits per heavy atom. The first-order chi connectivity index (χ1) is 13.5.